The predicted molar refractivity (Wildman–Crippen MR) is 324 cm³/mol. The number of aromatic hydroxyl groups is 1. The van der Waals surface area contributed by atoms with Gasteiger partial charge in [-0.05, 0) is 105 Å². The fourth-order valence-corrected chi connectivity index (χ4v) is 11.5. The van der Waals surface area contributed by atoms with Gasteiger partial charge in [0.2, 0.25) is 35.4 Å². The second-order valence-corrected chi connectivity index (χ2v) is 23.3. The Kier molecular flexibility index (Phi) is 25.5. The molecule has 0 spiro atoms. The molecule has 1 unspecified atom stereocenters. The highest BCUT2D eigenvalue weighted by atomic mass is 16.5. The first-order valence-corrected chi connectivity index (χ1v) is 30.5. The first-order chi connectivity index (χ1) is 42.6. The summed E-state index contributed by atoms with van der Waals surface area (Å²) in [6, 6.07) is 7.77. The number of unbranched alkanes of at least 4 members (excludes halogenated alkanes) is 3. The average Bonchev–Trinajstić information content (AvgIpc) is 2.14. The van der Waals surface area contributed by atoms with Crippen molar-refractivity contribution in [1.82, 2.24) is 36.4 Å². The fraction of sp³-hybridized carbons (Fsp3) is 0.590. The number of nitrogens with one attached hydrogen (secondary N) is 5. The van der Waals surface area contributed by atoms with Crippen molar-refractivity contribution < 1.29 is 83.5 Å². The number of ether oxygens (including phenoxy) is 3. The van der Waals surface area contributed by atoms with E-state index in [1.165, 1.54) is 25.1 Å². The van der Waals surface area contributed by atoms with Crippen LogP contribution in [-0.4, -0.2) is 246 Å². The molecule has 0 bridgehead atoms. The molecule has 7 rings (SSSR count). The van der Waals surface area contributed by atoms with E-state index in [4.69, 9.17) is 25.7 Å². The molecule has 4 aliphatic rings. The molecule has 4 fully saturated rings. The summed E-state index contributed by atoms with van der Waals surface area (Å²) in [7, 11) is 1.70. The van der Waals surface area contributed by atoms with E-state index in [0.29, 0.717) is 32.8 Å². The maximum absolute atomic E-state index is 14.7. The van der Waals surface area contributed by atoms with Crippen LogP contribution in [0.15, 0.2) is 66.7 Å². The molecule has 0 radical (unpaired) electrons. The molecule has 89 heavy (non-hydrogen) atoms. The first kappa shape index (κ1) is 69.1. The summed E-state index contributed by atoms with van der Waals surface area (Å²) in [6.07, 6.45) is -7.58. The summed E-state index contributed by atoms with van der Waals surface area (Å²) < 4.78 is 16.6. The summed E-state index contributed by atoms with van der Waals surface area (Å²) in [5.41, 5.74) is 13.6. The second kappa shape index (κ2) is 32.9. The van der Waals surface area contributed by atoms with Crippen molar-refractivity contribution in [3.05, 3.63) is 77.9 Å². The molecule has 3 aromatic rings. The Morgan fingerprint density at radius 3 is 1.92 bits per heavy atom. The summed E-state index contributed by atoms with van der Waals surface area (Å²) in [6.45, 7) is 5.28. The molecule has 28 heteroatoms. The number of carbonyl (C=O) groups is 7. The van der Waals surface area contributed by atoms with Crippen molar-refractivity contribution in [1.29, 1.82) is 0 Å². The topological polar surface area (TPSA) is 414 Å². The SMILES string of the molecule is COCCCCCCOc1ccc(N2CCN(c3ccc(C(=O)NC4C[C@@H](O)CNC(=O)[C@@H]5[C@@H](O)[C@@H](C)CN5C(=O)[C@H]([C@H](O)CCN)NC(=O)[C@H]([C@H](O)Cc5ccc(O)c(OCCN)c5)NC(=O)[C@@H]5C[C@@H](O)CN5C(=O)[C@H]([C@@H](C)O)NC4=O)cc3)CC2)cc1. The number of hydrogen-bond donors (Lipinski definition) is 14. The standard InChI is InChI=1S/C61H89N11O17/c1-35-33-72-53(54(35)79)59(84)64-32-41(74)30-44(65-55(80)38-9-11-39(12-10-38)69-21-23-70(24-22-69)40-13-15-43(16-14-40)88-26-7-5-4-6-25-87-3)56(81)66-50(36(2)73)60(85)71-34-42(75)31-45(71)57(82)67-51(58(83)68-52(61(72)86)47(77)18-19-62)48(78)28-37-8-17-46(76)49(29-37)89-27-20-63/h8-17,29,35-36,41-42,44-45,47-48,50-54,73-79H,4-7,18-28,30-34,62-63H2,1-3H3,(H,64,84)(H,65,80)(H,66,81)(H,67,82)(H,68,83)/t35-,36+,41+,42+,44?,45-,47+,48+,50-,51-,52-,53-,54-/m0/s1. The first-order valence-electron chi connectivity index (χ1n) is 30.5. The molecule has 490 valence electrons. The number of phenolic OH excluding ortho intramolecular Hbond substituents is 1. The Labute approximate surface area is 517 Å². The summed E-state index contributed by atoms with van der Waals surface area (Å²) in [5.74, 6) is -7.70. The number of nitrogens with zero attached hydrogens (tertiary/aromatic N) is 4. The van der Waals surface area contributed by atoms with Gasteiger partial charge in [0.05, 0.1) is 43.2 Å². The van der Waals surface area contributed by atoms with Crippen molar-refractivity contribution in [2.24, 2.45) is 17.4 Å². The van der Waals surface area contributed by atoms with Crippen molar-refractivity contribution in [3.8, 4) is 17.2 Å². The van der Waals surface area contributed by atoms with E-state index < -0.39 is 152 Å². The number of aliphatic hydroxyl groups is 6. The van der Waals surface area contributed by atoms with Gasteiger partial charge in [-0.25, -0.2) is 0 Å². The number of rotatable bonds is 22. The summed E-state index contributed by atoms with van der Waals surface area (Å²) in [4.78, 5) is 108. The highest BCUT2D eigenvalue weighted by Crippen LogP contribution is 2.30. The normalized spacial score (nSPS) is 26.2. The van der Waals surface area contributed by atoms with Gasteiger partial charge in [0, 0.05) is 108 Å². The molecule has 0 aliphatic carbocycles. The highest BCUT2D eigenvalue weighted by molar-refractivity contribution is 6.00. The van der Waals surface area contributed by atoms with Gasteiger partial charge in [-0.2, -0.15) is 0 Å². The number of benzene rings is 3. The number of hydrogen-bond acceptors (Lipinski definition) is 21. The molecule has 13 atom stereocenters. The molecule has 16 N–H and O–H groups in total. The fourth-order valence-electron chi connectivity index (χ4n) is 11.5. The lowest BCUT2D eigenvalue weighted by Crippen LogP contribution is -2.64. The molecule has 0 saturated carbocycles. The molecule has 3 aromatic carbocycles. The Bertz CT molecular complexity index is 2850. The van der Waals surface area contributed by atoms with Crippen LogP contribution in [-0.2, 0) is 39.9 Å². The zero-order valence-electron chi connectivity index (χ0n) is 50.7. The Morgan fingerprint density at radius 1 is 0.674 bits per heavy atom. The molecule has 4 heterocycles. The van der Waals surface area contributed by atoms with Crippen LogP contribution in [0.5, 0.6) is 17.2 Å². The molecule has 4 aliphatic heterocycles. The highest BCUT2D eigenvalue weighted by Gasteiger charge is 2.50. The molecule has 28 nitrogen and oxygen atoms in total. The quantitative estimate of drug-likeness (QED) is 0.0444. The number of piperazine rings is 1. The van der Waals surface area contributed by atoms with Crippen LogP contribution in [0.2, 0.25) is 0 Å². The lowest BCUT2D eigenvalue weighted by molar-refractivity contribution is -0.147. The summed E-state index contributed by atoms with van der Waals surface area (Å²) in [5, 5.41) is 91.4. The lowest BCUT2D eigenvalue weighted by Gasteiger charge is -2.37. The molecular weight excluding hydrogens is 1160 g/mol. The van der Waals surface area contributed by atoms with Gasteiger partial charge in [0.15, 0.2) is 11.5 Å². The Balaban J connectivity index is 1.12. The smallest absolute Gasteiger partial charge is 0.251 e. The van der Waals surface area contributed by atoms with E-state index in [-0.39, 0.29) is 55.3 Å². The minimum atomic E-state index is -2.03. The zero-order chi connectivity index (χ0) is 64.5. The van der Waals surface area contributed by atoms with Crippen LogP contribution in [0.25, 0.3) is 0 Å². The van der Waals surface area contributed by atoms with Crippen molar-refractivity contribution in [2.75, 3.05) is 95.6 Å². The number of carbonyl (C=O) groups excluding carboxylic acids is 7. The van der Waals surface area contributed by atoms with E-state index in [1.54, 1.807) is 38.3 Å². The number of anilines is 2. The van der Waals surface area contributed by atoms with Crippen molar-refractivity contribution in [3.63, 3.8) is 0 Å². The van der Waals surface area contributed by atoms with Gasteiger partial charge >= 0.3 is 0 Å². The Hall–Kier alpha value is -7.41. The largest absolute Gasteiger partial charge is 0.504 e. The number of methoxy groups -OCH3 is 1. The van der Waals surface area contributed by atoms with E-state index in [0.717, 1.165) is 59.2 Å². The van der Waals surface area contributed by atoms with Crippen LogP contribution >= 0.6 is 0 Å². The number of β-amino-alcohol motifs (C(OH)–C–C–N with tert-alkyl or cyclic N) is 1. The van der Waals surface area contributed by atoms with Crippen LogP contribution in [0.3, 0.4) is 0 Å². The van der Waals surface area contributed by atoms with Crippen LogP contribution in [0.4, 0.5) is 11.4 Å². The van der Waals surface area contributed by atoms with Crippen molar-refractivity contribution >= 4 is 52.7 Å². The Morgan fingerprint density at radius 2 is 1.29 bits per heavy atom. The monoisotopic (exact) mass is 1250 g/mol. The van der Waals surface area contributed by atoms with Gasteiger partial charge in [0.1, 0.15) is 48.6 Å². The third-order valence-corrected chi connectivity index (χ3v) is 16.5. The predicted octanol–water partition coefficient (Wildman–Crippen LogP) is -3.06. The van der Waals surface area contributed by atoms with Gasteiger partial charge in [-0.1, -0.05) is 19.4 Å². The second-order valence-electron chi connectivity index (χ2n) is 23.3. The molecule has 7 amide bonds. The van der Waals surface area contributed by atoms with Gasteiger partial charge < -0.3 is 108 Å². The van der Waals surface area contributed by atoms with Crippen molar-refractivity contribution in [2.45, 2.75) is 138 Å². The number of fused-ring (bicyclic) bond motifs is 2. The number of aliphatic hydroxyl groups excluding tert-OH is 6. The van der Waals surface area contributed by atoms with Gasteiger partial charge in [-0.15, -0.1) is 0 Å². The number of phenols is 1. The maximum atomic E-state index is 14.7. The van der Waals surface area contributed by atoms with E-state index in [2.05, 4.69) is 36.4 Å². The average molecular weight is 1250 g/mol. The molecule has 4 saturated heterocycles. The van der Waals surface area contributed by atoms with E-state index in [9.17, 15) is 69.3 Å². The number of amides is 7. The van der Waals surface area contributed by atoms with Gasteiger partial charge in [0.25, 0.3) is 5.91 Å². The van der Waals surface area contributed by atoms with E-state index in [1.807, 2.05) is 24.3 Å². The van der Waals surface area contributed by atoms with Crippen LogP contribution < -0.4 is 57.3 Å². The summed E-state index contributed by atoms with van der Waals surface area (Å²) >= 11 is 0. The van der Waals surface area contributed by atoms with Gasteiger partial charge in [-0.3, -0.25) is 33.6 Å². The third-order valence-electron chi connectivity index (χ3n) is 16.5. The minimum absolute atomic E-state index is 0.00129. The molecule has 0 aromatic heterocycles. The van der Waals surface area contributed by atoms with E-state index >= 15 is 0 Å². The third kappa shape index (κ3) is 18.4. The lowest BCUT2D eigenvalue weighted by atomic mass is 9.98. The maximum Gasteiger partial charge on any atom is 0.251 e. The minimum Gasteiger partial charge on any atom is -0.504 e. The number of nitrogens with two attached hydrogens (primary N) is 2. The van der Waals surface area contributed by atoms with Crippen LogP contribution in [0.1, 0.15) is 74.7 Å². The zero-order valence-corrected chi connectivity index (χ0v) is 50.7. The van der Waals surface area contributed by atoms with Crippen LogP contribution in [0, 0.1) is 5.92 Å². The molecular formula is C61H89N11O17.